The summed E-state index contributed by atoms with van der Waals surface area (Å²) < 4.78 is 11.7. The first-order valence-electron chi connectivity index (χ1n) is 14.8. The molecule has 0 radical (unpaired) electrons. The minimum Gasteiger partial charge on any atom is -0.492 e. The van der Waals surface area contributed by atoms with E-state index in [-0.39, 0.29) is 18.0 Å². The quantitative estimate of drug-likeness (QED) is 0.393. The second kappa shape index (κ2) is 14.1. The second-order valence-electron chi connectivity index (χ2n) is 11.1. The number of hydrogen-bond acceptors (Lipinski definition) is 7. The van der Waals surface area contributed by atoms with Gasteiger partial charge in [-0.3, -0.25) is 14.5 Å². The van der Waals surface area contributed by atoms with Crippen molar-refractivity contribution >= 4 is 11.6 Å². The lowest BCUT2D eigenvalue weighted by Crippen LogP contribution is -2.42. The number of aromatic nitrogens is 1. The molecule has 2 heterocycles. The summed E-state index contributed by atoms with van der Waals surface area (Å²) in [7, 11) is 2.04. The van der Waals surface area contributed by atoms with E-state index < -0.39 is 0 Å². The van der Waals surface area contributed by atoms with Crippen molar-refractivity contribution in [3.63, 3.8) is 0 Å². The van der Waals surface area contributed by atoms with E-state index in [0.29, 0.717) is 35.6 Å². The van der Waals surface area contributed by atoms with E-state index in [2.05, 4.69) is 38.4 Å². The summed E-state index contributed by atoms with van der Waals surface area (Å²) in [5.74, 6) is 0.498. The van der Waals surface area contributed by atoms with Crippen LogP contribution in [0.25, 0.3) is 0 Å². The molecule has 0 atom stereocenters. The van der Waals surface area contributed by atoms with Crippen molar-refractivity contribution in [3.05, 3.63) is 56.5 Å². The Balaban J connectivity index is 1.57. The van der Waals surface area contributed by atoms with Crippen LogP contribution in [0.15, 0.2) is 23.0 Å². The fourth-order valence-corrected chi connectivity index (χ4v) is 6.07. The van der Waals surface area contributed by atoms with E-state index in [1.165, 1.54) is 0 Å². The molecule has 0 spiro atoms. The number of ether oxygens (including phenoxy) is 2. The number of benzene rings is 1. The van der Waals surface area contributed by atoms with Crippen molar-refractivity contribution in [3.8, 4) is 5.75 Å². The van der Waals surface area contributed by atoms with Crippen molar-refractivity contribution in [2.45, 2.75) is 72.0 Å². The van der Waals surface area contributed by atoms with Crippen LogP contribution >= 0.6 is 0 Å². The van der Waals surface area contributed by atoms with E-state index >= 15 is 0 Å². The first-order valence-corrected chi connectivity index (χ1v) is 14.8. The van der Waals surface area contributed by atoms with Gasteiger partial charge in [-0.25, -0.2) is 0 Å². The maximum Gasteiger partial charge on any atom is 0.253 e. The highest BCUT2D eigenvalue weighted by atomic mass is 16.5. The zero-order chi connectivity index (χ0) is 28.6. The predicted octanol–water partition coefficient (Wildman–Crippen LogP) is 3.30. The summed E-state index contributed by atoms with van der Waals surface area (Å²) in [6.45, 7) is 13.7. The number of H-pyrrole nitrogens is 1. The Kier molecular flexibility index (Phi) is 10.6. The lowest BCUT2D eigenvalue weighted by molar-refractivity contribution is 0.0322. The third-order valence-electron chi connectivity index (χ3n) is 8.49. The topological polar surface area (TPSA) is 98.9 Å². The molecule has 1 aromatic carbocycles. The number of aryl methyl sites for hydroxylation is 2. The number of nitrogens with zero attached hydrogens (tertiary/aromatic N) is 2. The van der Waals surface area contributed by atoms with Gasteiger partial charge in [0, 0.05) is 73.4 Å². The number of anilines is 1. The van der Waals surface area contributed by atoms with Crippen molar-refractivity contribution in [1.29, 1.82) is 0 Å². The van der Waals surface area contributed by atoms with Crippen LogP contribution in [-0.2, 0) is 11.3 Å². The van der Waals surface area contributed by atoms with Crippen LogP contribution in [0.5, 0.6) is 5.75 Å². The maximum atomic E-state index is 13.6. The SMILES string of the molecule is CCN(c1cc(OCCN2CCOCC2)cc(C(=O)NCc2c(C)cc(C)[nH]c2=O)c1C)C1CCC(NC)CC1. The summed E-state index contributed by atoms with van der Waals surface area (Å²) >= 11 is 0. The molecule has 1 saturated heterocycles. The number of amides is 1. The summed E-state index contributed by atoms with van der Waals surface area (Å²) in [6.07, 6.45) is 4.50. The molecule has 2 fully saturated rings. The van der Waals surface area contributed by atoms with Crippen LogP contribution in [0.2, 0.25) is 0 Å². The normalized spacial score (nSPS) is 19.8. The second-order valence-corrected chi connectivity index (χ2v) is 11.1. The summed E-state index contributed by atoms with van der Waals surface area (Å²) in [6, 6.07) is 6.87. The first kappa shape index (κ1) is 30.1. The third kappa shape index (κ3) is 7.44. The van der Waals surface area contributed by atoms with Crippen molar-refractivity contribution in [2.24, 2.45) is 0 Å². The van der Waals surface area contributed by atoms with Crippen LogP contribution in [0, 0.1) is 20.8 Å². The Morgan fingerprint density at radius 3 is 2.50 bits per heavy atom. The van der Waals surface area contributed by atoms with Gasteiger partial charge in [-0.15, -0.1) is 0 Å². The molecule has 0 bridgehead atoms. The first-order chi connectivity index (χ1) is 19.3. The van der Waals surface area contributed by atoms with Crippen molar-refractivity contribution in [1.82, 2.24) is 20.5 Å². The number of carbonyl (C=O) groups is 1. The molecule has 1 aliphatic heterocycles. The Hall–Kier alpha value is -2.88. The Bertz CT molecular complexity index is 1200. The number of morpholine rings is 1. The van der Waals surface area contributed by atoms with Gasteiger partial charge in [0.1, 0.15) is 12.4 Å². The molecule has 1 aromatic heterocycles. The van der Waals surface area contributed by atoms with E-state index in [1.807, 2.05) is 40.0 Å². The highest BCUT2D eigenvalue weighted by Crippen LogP contribution is 2.34. The maximum absolute atomic E-state index is 13.6. The molecule has 1 aliphatic carbocycles. The molecular weight excluding hydrogens is 506 g/mol. The smallest absolute Gasteiger partial charge is 0.253 e. The van der Waals surface area contributed by atoms with E-state index in [0.717, 1.165) is 87.6 Å². The average molecular weight is 554 g/mol. The number of nitrogens with one attached hydrogen (secondary N) is 3. The number of rotatable bonds is 11. The van der Waals surface area contributed by atoms with Gasteiger partial charge in [0.25, 0.3) is 11.5 Å². The molecule has 0 unspecified atom stereocenters. The fraction of sp³-hybridized carbons (Fsp3) is 0.613. The standard InChI is InChI=1S/C31H47N5O4/c1-6-36(25-9-7-24(32-5)8-10-25)29-19-26(40-16-13-35-11-14-39-15-12-35)18-27(23(29)4)30(37)33-20-28-21(2)17-22(3)34-31(28)38/h17-19,24-25,32H,6-16,20H2,1-5H3,(H,33,37)(H,34,38). The van der Waals surface area contributed by atoms with E-state index in [1.54, 1.807) is 0 Å². The molecule has 9 nitrogen and oxygen atoms in total. The van der Waals surface area contributed by atoms with Gasteiger partial charge in [0.15, 0.2) is 0 Å². The zero-order valence-electron chi connectivity index (χ0n) is 24.9. The number of pyridine rings is 1. The van der Waals surface area contributed by atoms with E-state index in [4.69, 9.17) is 9.47 Å². The molecule has 1 amide bonds. The van der Waals surface area contributed by atoms with Crippen LogP contribution in [0.1, 0.15) is 65.3 Å². The van der Waals surface area contributed by atoms with Gasteiger partial charge >= 0.3 is 0 Å². The lowest BCUT2D eigenvalue weighted by Gasteiger charge is -2.39. The highest BCUT2D eigenvalue weighted by molar-refractivity contribution is 5.97. The van der Waals surface area contributed by atoms with Gasteiger partial charge in [0.05, 0.1) is 13.2 Å². The van der Waals surface area contributed by atoms with Crippen LogP contribution < -0.4 is 25.8 Å². The van der Waals surface area contributed by atoms with Crippen LogP contribution in [-0.4, -0.2) is 80.9 Å². The molecule has 4 rings (SSSR count). The zero-order valence-corrected chi connectivity index (χ0v) is 24.9. The van der Waals surface area contributed by atoms with E-state index in [9.17, 15) is 9.59 Å². The van der Waals surface area contributed by atoms with Gasteiger partial charge in [0.2, 0.25) is 0 Å². The molecule has 2 aromatic rings. The molecule has 2 aliphatic rings. The molecule has 40 heavy (non-hydrogen) atoms. The molecule has 9 heteroatoms. The molecule has 3 N–H and O–H groups in total. The van der Waals surface area contributed by atoms with Crippen LogP contribution in [0.4, 0.5) is 5.69 Å². The fourth-order valence-electron chi connectivity index (χ4n) is 6.07. The average Bonchev–Trinajstić information content (AvgIpc) is 2.95. The largest absolute Gasteiger partial charge is 0.492 e. The minimum absolute atomic E-state index is 0.162. The molecule has 1 saturated carbocycles. The molecular formula is C31H47N5O4. The summed E-state index contributed by atoms with van der Waals surface area (Å²) in [5.41, 5.74) is 4.66. The van der Waals surface area contributed by atoms with Gasteiger partial charge < -0.3 is 30.0 Å². The predicted molar refractivity (Wildman–Crippen MR) is 160 cm³/mol. The minimum atomic E-state index is -0.202. The summed E-state index contributed by atoms with van der Waals surface area (Å²) in [4.78, 5) is 33.8. The number of carbonyl (C=O) groups excluding carboxylic acids is 1. The number of aromatic amines is 1. The summed E-state index contributed by atoms with van der Waals surface area (Å²) in [5, 5.41) is 6.43. The Morgan fingerprint density at radius 2 is 1.85 bits per heavy atom. The Labute approximate surface area is 238 Å². The van der Waals surface area contributed by atoms with Gasteiger partial charge in [-0.05, 0) is 83.7 Å². The highest BCUT2D eigenvalue weighted by Gasteiger charge is 2.27. The van der Waals surface area contributed by atoms with Crippen molar-refractivity contribution < 1.29 is 14.3 Å². The van der Waals surface area contributed by atoms with Crippen molar-refractivity contribution in [2.75, 3.05) is 57.9 Å². The Morgan fingerprint density at radius 1 is 1.12 bits per heavy atom. The van der Waals surface area contributed by atoms with Gasteiger partial charge in [-0.2, -0.15) is 0 Å². The monoisotopic (exact) mass is 553 g/mol. The molecule has 220 valence electrons. The third-order valence-corrected chi connectivity index (χ3v) is 8.49. The number of hydrogen-bond donors (Lipinski definition) is 3. The van der Waals surface area contributed by atoms with Gasteiger partial charge in [-0.1, -0.05) is 0 Å². The van der Waals surface area contributed by atoms with Crippen LogP contribution in [0.3, 0.4) is 0 Å². The lowest BCUT2D eigenvalue weighted by atomic mass is 9.89.